The lowest BCUT2D eigenvalue weighted by atomic mass is 10.1. The first-order valence-corrected chi connectivity index (χ1v) is 11.9. The quantitative estimate of drug-likeness (QED) is 0.514. The van der Waals surface area contributed by atoms with Gasteiger partial charge in [-0.25, -0.2) is 13.2 Å². The van der Waals surface area contributed by atoms with Crippen molar-refractivity contribution in [3.63, 3.8) is 0 Å². The number of aryl methyl sites for hydroxylation is 2. The van der Waals surface area contributed by atoms with Crippen molar-refractivity contribution in [3.05, 3.63) is 83.4 Å². The number of rotatable bonds is 6. The van der Waals surface area contributed by atoms with E-state index >= 15 is 0 Å². The lowest BCUT2D eigenvalue weighted by molar-refractivity contribution is 0.102. The number of benzene rings is 3. The summed E-state index contributed by atoms with van der Waals surface area (Å²) >= 11 is 0. The Hall–Kier alpha value is -3.85. The number of anilines is 3. The van der Waals surface area contributed by atoms with E-state index in [9.17, 15) is 18.0 Å². The third-order valence-electron chi connectivity index (χ3n) is 5.32. The van der Waals surface area contributed by atoms with E-state index < -0.39 is 15.9 Å². The molecule has 3 N–H and O–H groups in total. The van der Waals surface area contributed by atoms with E-state index in [1.807, 2.05) is 13.0 Å². The summed E-state index contributed by atoms with van der Waals surface area (Å²) in [4.78, 5) is 26.7. The molecule has 0 spiro atoms. The minimum Gasteiger partial charge on any atom is -0.336 e. The number of para-hydroxylation sites is 1. The second kappa shape index (κ2) is 8.95. The lowest BCUT2D eigenvalue weighted by Gasteiger charge is -2.16. The van der Waals surface area contributed by atoms with E-state index in [1.165, 1.54) is 0 Å². The third kappa shape index (κ3) is 4.83. The summed E-state index contributed by atoms with van der Waals surface area (Å²) in [6.45, 7) is 4.64. The molecule has 0 unspecified atom stereocenters. The number of hydrogen-bond acceptors (Lipinski definition) is 4. The van der Waals surface area contributed by atoms with Crippen LogP contribution in [0.2, 0.25) is 0 Å². The molecule has 8 nitrogen and oxygen atoms in total. The molecule has 4 rings (SSSR count). The molecule has 0 aromatic heterocycles. The van der Waals surface area contributed by atoms with Crippen molar-refractivity contribution >= 4 is 39.0 Å². The molecule has 1 aliphatic rings. The minimum atomic E-state index is -3.90. The average molecular weight is 465 g/mol. The van der Waals surface area contributed by atoms with E-state index in [-0.39, 0.29) is 22.2 Å². The van der Waals surface area contributed by atoms with Crippen LogP contribution in [0.5, 0.6) is 0 Å². The molecular formula is C24H24N4O4S. The summed E-state index contributed by atoms with van der Waals surface area (Å²) in [5.41, 5.74) is 2.93. The number of urea groups is 1. The summed E-state index contributed by atoms with van der Waals surface area (Å²) in [6.07, 6.45) is 0. The lowest BCUT2D eigenvalue weighted by Crippen LogP contribution is -2.27. The maximum absolute atomic E-state index is 13.0. The molecule has 1 aliphatic heterocycles. The fourth-order valence-corrected chi connectivity index (χ4v) is 5.05. The maximum atomic E-state index is 13.0. The topological polar surface area (TPSA) is 108 Å². The van der Waals surface area contributed by atoms with Gasteiger partial charge >= 0.3 is 6.03 Å². The second-order valence-corrected chi connectivity index (χ2v) is 9.46. The first-order chi connectivity index (χ1) is 15.7. The van der Waals surface area contributed by atoms with Gasteiger partial charge in [0, 0.05) is 24.5 Å². The third-order valence-corrected chi connectivity index (χ3v) is 6.83. The van der Waals surface area contributed by atoms with Gasteiger partial charge in [-0.05, 0) is 61.4 Å². The van der Waals surface area contributed by atoms with Crippen molar-refractivity contribution in [1.82, 2.24) is 5.32 Å². The number of sulfonamides is 1. The number of carbonyl (C=O) groups is 2. The van der Waals surface area contributed by atoms with Crippen LogP contribution in [0, 0.1) is 13.8 Å². The van der Waals surface area contributed by atoms with Crippen LogP contribution in [0.1, 0.15) is 21.5 Å². The Labute approximate surface area is 192 Å². The zero-order valence-corrected chi connectivity index (χ0v) is 19.1. The molecule has 1 saturated heterocycles. The predicted molar refractivity (Wildman–Crippen MR) is 128 cm³/mol. The first kappa shape index (κ1) is 22.3. The average Bonchev–Trinajstić information content (AvgIpc) is 3.21. The molecular weight excluding hydrogens is 440 g/mol. The van der Waals surface area contributed by atoms with E-state index in [0.29, 0.717) is 30.0 Å². The first-order valence-electron chi connectivity index (χ1n) is 10.4. The number of amides is 3. The highest BCUT2D eigenvalue weighted by Crippen LogP contribution is 2.25. The molecule has 0 bridgehead atoms. The van der Waals surface area contributed by atoms with E-state index in [1.54, 1.807) is 72.5 Å². The predicted octanol–water partition coefficient (Wildman–Crippen LogP) is 3.89. The second-order valence-electron chi connectivity index (χ2n) is 7.81. The van der Waals surface area contributed by atoms with Gasteiger partial charge in [0.2, 0.25) is 0 Å². The smallest absolute Gasteiger partial charge is 0.321 e. The molecule has 3 amide bonds. The van der Waals surface area contributed by atoms with Gasteiger partial charge in [0.15, 0.2) is 0 Å². The molecule has 0 radical (unpaired) electrons. The van der Waals surface area contributed by atoms with Crippen LogP contribution in [0.4, 0.5) is 21.9 Å². The molecule has 3 aromatic carbocycles. The summed E-state index contributed by atoms with van der Waals surface area (Å²) in [6, 6.07) is 18.3. The monoisotopic (exact) mass is 464 g/mol. The van der Waals surface area contributed by atoms with E-state index in [2.05, 4.69) is 15.4 Å². The van der Waals surface area contributed by atoms with Gasteiger partial charge in [-0.15, -0.1) is 0 Å². The summed E-state index contributed by atoms with van der Waals surface area (Å²) in [5.74, 6) is -0.475. The highest BCUT2D eigenvalue weighted by atomic mass is 32.2. The van der Waals surface area contributed by atoms with Crippen LogP contribution in [0.15, 0.2) is 71.6 Å². The molecule has 9 heteroatoms. The Morgan fingerprint density at radius 2 is 1.79 bits per heavy atom. The number of hydrogen-bond donors (Lipinski definition) is 3. The van der Waals surface area contributed by atoms with Crippen molar-refractivity contribution in [1.29, 1.82) is 0 Å². The Balaban J connectivity index is 1.58. The van der Waals surface area contributed by atoms with E-state index in [4.69, 9.17) is 0 Å². The van der Waals surface area contributed by atoms with Gasteiger partial charge < -0.3 is 10.6 Å². The summed E-state index contributed by atoms with van der Waals surface area (Å²) < 4.78 is 28.6. The largest absolute Gasteiger partial charge is 0.336 e. The Morgan fingerprint density at radius 1 is 1.00 bits per heavy atom. The molecule has 0 aliphatic carbocycles. The zero-order valence-electron chi connectivity index (χ0n) is 18.3. The Morgan fingerprint density at radius 3 is 2.55 bits per heavy atom. The molecule has 0 atom stereocenters. The van der Waals surface area contributed by atoms with Crippen LogP contribution in [-0.2, 0) is 10.0 Å². The van der Waals surface area contributed by atoms with Crippen molar-refractivity contribution in [3.8, 4) is 0 Å². The highest BCUT2D eigenvalue weighted by Gasteiger charge is 2.23. The van der Waals surface area contributed by atoms with Gasteiger partial charge in [0.1, 0.15) is 0 Å². The maximum Gasteiger partial charge on any atom is 0.321 e. The molecule has 0 saturated carbocycles. The van der Waals surface area contributed by atoms with Crippen molar-refractivity contribution in [2.45, 2.75) is 18.7 Å². The van der Waals surface area contributed by atoms with Crippen LogP contribution in [0.3, 0.4) is 0 Å². The molecule has 33 heavy (non-hydrogen) atoms. The minimum absolute atomic E-state index is 0.161. The Bertz CT molecular complexity index is 1340. The van der Waals surface area contributed by atoms with Crippen molar-refractivity contribution in [2.75, 3.05) is 28.0 Å². The Kier molecular flexibility index (Phi) is 6.06. The standard InChI is InChI=1S/C24H24N4O4S/c1-16-10-11-17(2)22(14-16)33(31,32)27-21-9-4-3-8-20(21)23(29)26-18-6-5-7-19(15-18)28-13-12-25-24(28)30/h3-11,14-15,27H,12-13H2,1-2H3,(H,25,30)(H,26,29). The van der Waals surface area contributed by atoms with Crippen LogP contribution in [-0.4, -0.2) is 33.4 Å². The normalized spacial score (nSPS) is 13.5. The van der Waals surface area contributed by atoms with Gasteiger partial charge in [-0.2, -0.15) is 0 Å². The molecule has 170 valence electrons. The van der Waals surface area contributed by atoms with Crippen molar-refractivity contribution < 1.29 is 18.0 Å². The molecule has 1 heterocycles. The highest BCUT2D eigenvalue weighted by molar-refractivity contribution is 7.92. The van der Waals surface area contributed by atoms with Crippen molar-refractivity contribution in [2.24, 2.45) is 0 Å². The summed E-state index contributed by atoms with van der Waals surface area (Å²) in [5, 5.41) is 5.53. The fourth-order valence-electron chi connectivity index (χ4n) is 3.63. The van der Waals surface area contributed by atoms with Crippen LogP contribution < -0.4 is 20.3 Å². The molecule has 3 aromatic rings. The van der Waals surface area contributed by atoms with Gasteiger partial charge in [0.05, 0.1) is 16.1 Å². The van der Waals surface area contributed by atoms with Gasteiger partial charge in [0.25, 0.3) is 15.9 Å². The van der Waals surface area contributed by atoms with Crippen LogP contribution in [0.25, 0.3) is 0 Å². The number of carbonyl (C=O) groups excluding carboxylic acids is 2. The van der Waals surface area contributed by atoms with E-state index in [0.717, 1.165) is 5.56 Å². The zero-order chi connectivity index (χ0) is 23.6. The fraction of sp³-hybridized carbons (Fsp3) is 0.167. The molecule has 1 fully saturated rings. The van der Waals surface area contributed by atoms with Crippen LogP contribution >= 0.6 is 0 Å². The van der Waals surface area contributed by atoms with Gasteiger partial charge in [-0.1, -0.05) is 30.3 Å². The summed E-state index contributed by atoms with van der Waals surface area (Å²) in [7, 11) is -3.90. The number of nitrogens with one attached hydrogen (secondary N) is 3. The number of nitrogens with zero attached hydrogens (tertiary/aromatic N) is 1. The van der Waals surface area contributed by atoms with Gasteiger partial charge in [-0.3, -0.25) is 14.4 Å². The SMILES string of the molecule is Cc1ccc(C)c(S(=O)(=O)Nc2ccccc2C(=O)Nc2cccc(N3CCNC3=O)c2)c1.